The van der Waals surface area contributed by atoms with Gasteiger partial charge in [0.25, 0.3) is 0 Å². The molecule has 2 rings (SSSR count). The molecule has 1 fully saturated rings. The summed E-state index contributed by atoms with van der Waals surface area (Å²) in [5.41, 5.74) is 1.17. The molecular weight excluding hydrogens is 222 g/mol. The predicted octanol–water partition coefficient (Wildman–Crippen LogP) is 2.86. The summed E-state index contributed by atoms with van der Waals surface area (Å²) in [5, 5.41) is 4.28. The number of hydrogen-bond acceptors (Lipinski definition) is 2. The van der Waals surface area contributed by atoms with Crippen molar-refractivity contribution >= 4 is 11.6 Å². The normalized spacial score (nSPS) is 20.2. The average Bonchev–Trinajstić information content (AvgIpc) is 2.79. The summed E-state index contributed by atoms with van der Waals surface area (Å²) in [6.07, 6.45) is 2.41. The Hall–Kier alpha value is -0.570. The Morgan fingerprint density at radius 1 is 1.38 bits per heavy atom. The molecule has 1 N–H and O–H groups in total. The van der Waals surface area contributed by atoms with Crippen molar-refractivity contribution in [1.82, 2.24) is 5.32 Å². The van der Waals surface area contributed by atoms with Crippen LogP contribution in [0.15, 0.2) is 24.3 Å². The molecule has 1 heterocycles. The van der Waals surface area contributed by atoms with Crippen molar-refractivity contribution in [1.29, 1.82) is 0 Å². The van der Waals surface area contributed by atoms with Gasteiger partial charge in [-0.15, -0.1) is 0 Å². The van der Waals surface area contributed by atoms with Gasteiger partial charge in [-0.2, -0.15) is 0 Å². The maximum atomic E-state index is 6.07. The number of hydrogen-bond donors (Lipinski definition) is 1. The first-order valence-electron chi connectivity index (χ1n) is 5.88. The Morgan fingerprint density at radius 2 is 2.25 bits per heavy atom. The number of halogens is 1. The van der Waals surface area contributed by atoms with E-state index in [9.17, 15) is 0 Å². The van der Waals surface area contributed by atoms with Gasteiger partial charge in [-0.1, -0.05) is 29.8 Å². The van der Waals surface area contributed by atoms with Crippen LogP contribution in [0.4, 0.5) is 0 Å². The molecule has 1 unspecified atom stereocenters. The number of ether oxygens (including phenoxy) is 1. The van der Waals surface area contributed by atoms with Crippen LogP contribution < -0.4 is 5.32 Å². The average molecular weight is 240 g/mol. The van der Waals surface area contributed by atoms with E-state index in [2.05, 4.69) is 11.4 Å². The van der Waals surface area contributed by atoms with Crippen molar-refractivity contribution in [2.45, 2.75) is 19.4 Å². The van der Waals surface area contributed by atoms with Crippen LogP contribution in [0.5, 0.6) is 0 Å². The van der Waals surface area contributed by atoms with Gasteiger partial charge in [0.1, 0.15) is 0 Å². The third kappa shape index (κ3) is 3.48. The summed E-state index contributed by atoms with van der Waals surface area (Å²) in [6, 6.07) is 7.98. The van der Waals surface area contributed by atoms with Gasteiger partial charge < -0.3 is 10.1 Å². The largest absolute Gasteiger partial charge is 0.381 e. The minimum absolute atomic E-state index is 0.749. The fourth-order valence-corrected chi connectivity index (χ4v) is 2.18. The van der Waals surface area contributed by atoms with E-state index >= 15 is 0 Å². The third-order valence-electron chi connectivity index (χ3n) is 3.03. The first kappa shape index (κ1) is 11.9. The Bertz CT molecular complexity index is 323. The van der Waals surface area contributed by atoms with Gasteiger partial charge >= 0.3 is 0 Å². The molecule has 0 bridgehead atoms. The summed E-state index contributed by atoms with van der Waals surface area (Å²) in [5.74, 6) is 0.749. The van der Waals surface area contributed by atoms with Crippen LogP contribution in [0.25, 0.3) is 0 Å². The first-order chi connectivity index (χ1) is 7.86. The predicted molar refractivity (Wildman–Crippen MR) is 66.7 cm³/mol. The summed E-state index contributed by atoms with van der Waals surface area (Å²) in [4.78, 5) is 0. The lowest BCUT2D eigenvalue weighted by Crippen LogP contribution is -2.18. The van der Waals surface area contributed by atoms with Crippen LogP contribution >= 0.6 is 11.6 Å². The number of benzene rings is 1. The van der Waals surface area contributed by atoms with E-state index < -0.39 is 0 Å². The van der Waals surface area contributed by atoms with Crippen molar-refractivity contribution in [2.24, 2.45) is 5.92 Å². The van der Waals surface area contributed by atoms with Crippen LogP contribution in [0.2, 0.25) is 5.02 Å². The van der Waals surface area contributed by atoms with Crippen LogP contribution in [0.3, 0.4) is 0 Å². The number of nitrogens with one attached hydrogen (secondary N) is 1. The summed E-state index contributed by atoms with van der Waals surface area (Å²) in [6.45, 7) is 3.77. The molecule has 1 aliphatic rings. The Morgan fingerprint density at radius 3 is 3.00 bits per heavy atom. The number of rotatable bonds is 5. The molecule has 0 aliphatic carbocycles. The maximum absolute atomic E-state index is 6.07. The van der Waals surface area contributed by atoms with Gasteiger partial charge in [0, 0.05) is 24.8 Å². The molecule has 0 spiro atoms. The van der Waals surface area contributed by atoms with E-state index in [0.29, 0.717) is 0 Å². The highest BCUT2D eigenvalue weighted by molar-refractivity contribution is 6.31. The minimum Gasteiger partial charge on any atom is -0.381 e. The van der Waals surface area contributed by atoms with Crippen molar-refractivity contribution in [3.8, 4) is 0 Å². The van der Waals surface area contributed by atoms with Crippen LogP contribution in [-0.2, 0) is 11.3 Å². The van der Waals surface area contributed by atoms with Crippen LogP contribution in [0, 0.1) is 5.92 Å². The van der Waals surface area contributed by atoms with Gasteiger partial charge in [0.15, 0.2) is 0 Å². The molecule has 0 radical (unpaired) electrons. The van der Waals surface area contributed by atoms with E-state index in [4.69, 9.17) is 16.3 Å². The molecule has 16 heavy (non-hydrogen) atoms. The van der Waals surface area contributed by atoms with Crippen LogP contribution in [-0.4, -0.2) is 19.8 Å². The zero-order valence-electron chi connectivity index (χ0n) is 9.42. The molecule has 1 saturated heterocycles. The van der Waals surface area contributed by atoms with Crippen molar-refractivity contribution in [2.75, 3.05) is 19.8 Å². The molecule has 0 aromatic heterocycles. The second kappa shape index (κ2) is 6.24. The molecule has 1 aromatic rings. The SMILES string of the molecule is Clc1ccccc1CNCCC1CCOC1. The zero-order valence-corrected chi connectivity index (χ0v) is 10.2. The quantitative estimate of drug-likeness (QED) is 0.798. The van der Waals surface area contributed by atoms with Crippen molar-refractivity contribution < 1.29 is 4.74 Å². The molecule has 1 aromatic carbocycles. The molecule has 1 aliphatic heterocycles. The van der Waals surface area contributed by atoms with Gasteiger partial charge in [0.05, 0.1) is 0 Å². The molecule has 88 valence electrons. The molecule has 1 atom stereocenters. The van der Waals surface area contributed by atoms with Crippen molar-refractivity contribution in [3.63, 3.8) is 0 Å². The highest BCUT2D eigenvalue weighted by Crippen LogP contribution is 2.16. The molecule has 2 nitrogen and oxygen atoms in total. The molecule has 0 saturated carbocycles. The highest BCUT2D eigenvalue weighted by Gasteiger charge is 2.14. The minimum atomic E-state index is 0.749. The summed E-state index contributed by atoms with van der Waals surface area (Å²) < 4.78 is 5.34. The van der Waals surface area contributed by atoms with E-state index in [1.807, 2.05) is 18.2 Å². The highest BCUT2D eigenvalue weighted by atomic mass is 35.5. The first-order valence-corrected chi connectivity index (χ1v) is 6.26. The van der Waals surface area contributed by atoms with Gasteiger partial charge in [-0.3, -0.25) is 0 Å². The Kier molecular flexibility index (Phi) is 4.64. The van der Waals surface area contributed by atoms with Gasteiger partial charge in [-0.05, 0) is 36.9 Å². The lowest BCUT2D eigenvalue weighted by Gasteiger charge is -2.09. The lowest BCUT2D eigenvalue weighted by molar-refractivity contribution is 0.184. The molecule has 3 heteroatoms. The van der Waals surface area contributed by atoms with Crippen LogP contribution in [0.1, 0.15) is 18.4 Å². The molecular formula is C13H18ClNO. The second-order valence-electron chi connectivity index (χ2n) is 4.29. The third-order valence-corrected chi connectivity index (χ3v) is 3.40. The maximum Gasteiger partial charge on any atom is 0.0495 e. The van der Waals surface area contributed by atoms with Crippen molar-refractivity contribution in [3.05, 3.63) is 34.9 Å². The van der Waals surface area contributed by atoms with E-state index in [1.165, 1.54) is 18.4 Å². The molecule has 0 amide bonds. The van der Waals surface area contributed by atoms with E-state index in [1.54, 1.807) is 0 Å². The lowest BCUT2D eigenvalue weighted by atomic mass is 10.1. The fraction of sp³-hybridized carbons (Fsp3) is 0.538. The zero-order chi connectivity index (χ0) is 11.2. The second-order valence-corrected chi connectivity index (χ2v) is 4.69. The van der Waals surface area contributed by atoms with Gasteiger partial charge in [-0.25, -0.2) is 0 Å². The smallest absolute Gasteiger partial charge is 0.0495 e. The van der Waals surface area contributed by atoms with Gasteiger partial charge in [0.2, 0.25) is 0 Å². The standard InChI is InChI=1S/C13H18ClNO/c14-13-4-2-1-3-12(13)9-15-7-5-11-6-8-16-10-11/h1-4,11,15H,5-10H2. The monoisotopic (exact) mass is 239 g/mol. The summed E-state index contributed by atoms with van der Waals surface area (Å²) >= 11 is 6.07. The van der Waals surface area contributed by atoms with E-state index in [-0.39, 0.29) is 0 Å². The Balaban J connectivity index is 1.66. The fourth-order valence-electron chi connectivity index (χ4n) is 1.98. The topological polar surface area (TPSA) is 21.3 Å². The summed E-state index contributed by atoms with van der Waals surface area (Å²) in [7, 11) is 0. The Labute approximate surface area is 102 Å². The van der Waals surface area contributed by atoms with E-state index in [0.717, 1.165) is 37.2 Å².